The van der Waals surface area contributed by atoms with Crippen LogP contribution in [0.4, 0.5) is 4.79 Å². The molecule has 0 fully saturated rings. The number of aromatic nitrogens is 2. The predicted molar refractivity (Wildman–Crippen MR) is 177 cm³/mol. The van der Waals surface area contributed by atoms with Crippen LogP contribution in [0.3, 0.4) is 0 Å². The molecule has 3 atom stereocenters. The molecule has 4 rings (SSSR count). The topological polar surface area (TPSA) is 142 Å². The number of rotatable bonds is 15. The first-order valence-electron chi connectivity index (χ1n) is 15.6. The largest absolute Gasteiger partial charge is 0.413 e. The lowest BCUT2D eigenvalue weighted by Crippen LogP contribution is -2.55. The van der Waals surface area contributed by atoms with E-state index in [2.05, 4.69) is 25.9 Å². The van der Waals surface area contributed by atoms with E-state index in [0.717, 1.165) is 27.7 Å². The van der Waals surface area contributed by atoms with Crippen LogP contribution in [-0.2, 0) is 17.9 Å². The highest BCUT2D eigenvalue weighted by molar-refractivity contribution is 5.97. The van der Waals surface area contributed by atoms with Gasteiger partial charge in [-0.1, -0.05) is 68.4 Å². The molecule has 0 radical (unpaired) electrons. The van der Waals surface area contributed by atoms with Gasteiger partial charge in [0.1, 0.15) is 11.9 Å². The van der Waals surface area contributed by atoms with Gasteiger partial charge in [0.25, 0.3) is 5.91 Å². The fraction of sp³-hybridized carbons (Fsp3) is 0.371. The highest BCUT2D eigenvalue weighted by Gasteiger charge is 2.31. The Bertz CT molecular complexity index is 1560. The van der Waals surface area contributed by atoms with E-state index in [-0.39, 0.29) is 28.3 Å². The molecule has 45 heavy (non-hydrogen) atoms. The van der Waals surface area contributed by atoms with Crippen LogP contribution >= 0.6 is 0 Å². The maximum atomic E-state index is 13.7. The number of primary amides is 1. The van der Waals surface area contributed by atoms with E-state index in [1.807, 2.05) is 82.4 Å². The maximum Gasteiger partial charge on any atom is 0.413 e. The lowest BCUT2D eigenvalue weighted by Gasteiger charge is -2.31. The van der Waals surface area contributed by atoms with Crippen LogP contribution in [0.2, 0.25) is 0 Å². The minimum atomic E-state index is -0.801. The maximum absolute atomic E-state index is 13.7. The van der Waals surface area contributed by atoms with Crippen molar-refractivity contribution in [3.8, 4) is 0 Å². The van der Waals surface area contributed by atoms with Gasteiger partial charge in [-0.15, -0.1) is 0 Å². The van der Waals surface area contributed by atoms with Crippen LogP contribution in [0, 0.1) is 5.92 Å². The van der Waals surface area contributed by atoms with Gasteiger partial charge >= 0.3 is 6.03 Å². The second kappa shape index (κ2) is 15.5. The number of aromatic amines is 1. The number of amides is 4. The van der Waals surface area contributed by atoms with Crippen LogP contribution in [0.1, 0.15) is 67.0 Å². The van der Waals surface area contributed by atoms with Gasteiger partial charge in [-0.2, -0.15) is 0 Å². The quantitative estimate of drug-likeness (QED) is 0.123. The number of hydrogen-bond acceptors (Lipinski definition) is 5. The molecule has 4 amide bonds. The lowest BCUT2D eigenvalue weighted by molar-refractivity contribution is -0.832. The number of nitrogens with one attached hydrogen (secondary N) is 4. The standard InChI is InChI=1S/C35H45N7O3/c1-24(2)23-42(4,35(36)45)20-8-13-31(34(44)40-25(3)29-12-7-10-27-9-5-6-11-30(27)29)41-33(43)28-16-14-26(15-17-28)21-37-22-32-38-18-19-39-32/h5-7,9-12,14-19,24-25,31,37H,8,13,20-23H2,1-4H3,(H4-,36,38,39,40,41,43,44,45)/p+1/t25-,31-,42?/m0/s1. The summed E-state index contributed by atoms with van der Waals surface area (Å²) < 4.78 is 0.0712. The highest BCUT2D eigenvalue weighted by Crippen LogP contribution is 2.24. The number of urea groups is 1. The zero-order valence-electron chi connectivity index (χ0n) is 26.7. The number of imidazole rings is 1. The molecule has 10 heteroatoms. The first-order chi connectivity index (χ1) is 21.6. The molecule has 1 heterocycles. The van der Waals surface area contributed by atoms with Crippen molar-refractivity contribution in [1.82, 2.24) is 25.9 Å². The molecule has 0 aliphatic rings. The lowest BCUT2D eigenvalue weighted by atomic mass is 9.99. The van der Waals surface area contributed by atoms with E-state index in [0.29, 0.717) is 44.6 Å². The highest BCUT2D eigenvalue weighted by atomic mass is 16.2. The molecule has 1 unspecified atom stereocenters. The summed E-state index contributed by atoms with van der Waals surface area (Å²) in [4.78, 5) is 46.7. The summed E-state index contributed by atoms with van der Waals surface area (Å²) in [6.07, 6.45) is 4.37. The van der Waals surface area contributed by atoms with Gasteiger partial charge in [-0.05, 0) is 53.8 Å². The Morgan fingerprint density at radius 1 is 0.933 bits per heavy atom. The van der Waals surface area contributed by atoms with Crippen molar-refractivity contribution in [2.45, 2.75) is 58.8 Å². The Kier molecular flexibility index (Phi) is 11.5. The average molecular weight is 613 g/mol. The molecule has 3 aromatic carbocycles. The van der Waals surface area contributed by atoms with Crippen molar-refractivity contribution < 1.29 is 18.9 Å². The summed E-state index contributed by atoms with van der Waals surface area (Å²) in [5.74, 6) is 0.507. The molecule has 0 spiro atoms. The minimum Gasteiger partial charge on any atom is -0.348 e. The van der Waals surface area contributed by atoms with Gasteiger partial charge in [0.05, 0.1) is 32.7 Å². The Labute approximate surface area is 265 Å². The van der Waals surface area contributed by atoms with Crippen LogP contribution in [0.15, 0.2) is 79.1 Å². The van der Waals surface area contributed by atoms with Crippen molar-refractivity contribution in [1.29, 1.82) is 0 Å². The minimum absolute atomic E-state index is 0.0712. The fourth-order valence-electron chi connectivity index (χ4n) is 5.77. The second-order valence-electron chi connectivity index (χ2n) is 12.3. The van der Waals surface area contributed by atoms with E-state index in [1.54, 1.807) is 24.5 Å². The molecule has 0 saturated carbocycles. The Hall–Kier alpha value is -4.54. The van der Waals surface area contributed by atoms with Gasteiger partial charge in [-0.3, -0.25) is 9.59 Å². The number of nitrogens with two attached hydrogens (primary N) is 1. The number of quaternary nitrogens is 1. The molecule has 0 aliphatic heterocycles. The van der Waals surface area contributed by atoms with Gasteiger partial charge < -0.3 is 26.7 Å². The van der Waals surface area contributed by atoms with Crippen LogP contribution in [-0.4, -0.2) is 58.5 Å². The van der Waals surface area contributed by atoms with Crippen LogP contribution < -0.4 is 21.7 Å². The molecular formula is C35H46N7O3+. The molecule has 4 aromatic rings. The normalized spacial score (nSPS) is 14.1. The summed E-state index contributed by atoms with van der Waals surface area (Å²) in [6, 6.07) is 19.9. The van der Waals surface area contributed by atoms with Gasteiger partial charge in [-0.25, -0.2) is 14.3 Å². The van der Waals surface area contributed by atoms with Crippen molar-refractivity contribution in [3.05, 3.63) is 102 Å². The van der Waals surface area contributed by atoms with Gasteiger partial charge in [0.2, 0.25) is 5.91 Å². The molecule has 10 nitrogen and oxygen atoms in total. The Balaban J connectivity index is 1.45. The number of fused-ring (bicyclic) bond motifs is 1. The van der Waals surface area contributed by atoms with E-state index in [9.17, 15) is 14.4 Å². The Morgan fingerprint density at radius 3 is 2.36 bits per heavy atom. The summed E-state index contributed by atoms with van der Waals surface area (Å²) >= 11 is 0. The zero-order chi connectivity index (χ0) is 32.4. The number of nitrogens with zero attached hydrogens (tertiary/aromatic N) is 2. The van der Waals surface area contributed by atoms with Crippen molar-refractivity contribution >= 4 is 28.6 Å². The third-order valence-electron chi connectivity index (χ3n) is 8.11. The van der Waals surface area contributed by atoms with Crippen molar-refractivity contribution in [3.63, 3.8) is 0 Å². The van der Waals surface area contributed by atoms with E-state index in [1.165, 1.54) is 0 Å². The summed E-state index contributed by atoms with van der Waals surface area (Å²) in [5, 5.41) is 11.6. The first-order valence-corrected chi connectivity index (χ1v) is 15.6. The van der Waals surface area contributed by atoms with E-state index in [4.69, 9.17) is 5.73 Å². The van der Waals surface area contributed by atoms with Gasteiger partial charge in [0.15, 0.2) is 0 Å². The predicted octanol–water partition coefficient (Wildman–Crippen LogP) is 4.79. The average Bonchev–Trinajstić information content (AvgIpc) is 3.53. The molecule has 0 aliphatic carbocycles. The van der Waals surface area contributed by atoms with Crippen molar-refractivity contribution in [2.75, 3.05) is 20.1 Å². The molecule has 6 N–H and O–H groups in total. The monoisotopic (exact) mass is 612 g/mol. The summed E-state index contributed by atoms with van der Waals surface area (Å²) in [5.41, 5.74) is 8.25. The molecular weight excluding hydrogens is 566 g/mol. The molecule has 238 valence electrons. The Morgan fingerprint density at radius 2 is 1.67 bits per heavy atom. The summed E-state index contributed by atoms with van der Waals surface area (Å²) in [7, 11) is 1.82. The third-order valence-corrected chi connectivity index (χ3v) is 8.11. The SMILES string of the molecule is CC(C)C[N+](C)(CCC[C@H](NC(=O)c1ccc(CNCc2ncc[nH]2)cc1)C(=O)N[C@@H](C)c1cccc2ccccc12)C(N)=O. The van der Waals surface area contributed by atoms with E-state index < -0.39 is 12.1 Å². The number of hydrogen-bond donors (Lipinski definition) is 5. The third kappa shape index (κ3) is 9.23. The number of carbonyl (C=O) groups excluding carboxylic acids is 3. The van der Waals surface area contributed by atoms with E-state index >= 15 is 0 Å². The molecule has 0 saturated heterocycles. The molecule has 1 aromatic heterocycles. The molecule has 0 bridgehead atoms. The zero-order valence-corrected chi connectivity index (χ0v) is 26.7. The number of benzene rings is 3. The number of H-pyrrole nitrogens is 1. The number of carbonyl (C=O) groups is 3. The summed E-state index contributed by atoms with van der Waals surface area (Å²) in [6.45, 7) is 8.32. The fourth-order valence-corrected chi connectivity index (χ4v) is 5.77. The van der Waals surface area contributed by atoms with Crippen LogP contribution in [0.5, 0.6) is 0 Å². The smallest absolute Gasteiger partial charge is 0.348 e. The van der Waals surface area contributed by atoms with Crippen molar-refractivity contribution in [2.24, 2.45) is 11.7 Å². The first kappa shape index (κ1) is 33.4. The van der Waals surface area contributed by atoms with Crippen LogP contribution in [0.25, 0.3) is 10.8 Å². The second-order valence-corrected chi connectivity index (χ2v) is 12.3. The van der Waals surface area contributed by atoms with Gasteiger partial charge in [0, 0.05) is 30.4 Å².